The van der Waals surface area contributed by atoms with Gasteiger partial charge in [-0.15, -0.1) is 0 Å². The summed E-state index contributed by atoms with van der Waals surface area (Å²) in [6.07, 6.45) is 1.82. The number of hydrogen-bond donors (Lipinski definition) is 0. The summed E-state index contributed by atoms with van der Waals surface area (Å²) in [7, 11) is -0.365. The standard InChI is InChI=1S/C24H38O4Si2/c1-11-17-13-19(23(21(15-17)25-3)27-29(5,6)7)20-14-18(12-2)16-22(26-4)24(20)28-30(8,9)10/h13-16H,11-12H2,1-10H3. The van der Waals surface area contributed by atoms with E-state index in [2.05, 4.69) is 77.4 Å². The summed E-state index contributed by atoms with van der Waals surface area (Å²) in [4.78, 5) is 0. The Morgan fingerprint density at radius 1 is 0.600 bits per heavy atom. The molecule has 0 aromatic heterocycles. The topological polar surface area (TPSA) is 36.9 Å². The van der Waals surface area contributed by atoms with Crippen molar-refractivity contribution in [3.8, 4) is 34.1 Å². The van der Waals surface area contributed by atoms with Crippen LogP contribution < -0.4 is 18.3 Å². The highest BCUT2D eigenvalue weighted by molar-refractivity contribution is 6.71. The van der Waals surface area contributed by atoms with Crippen molar-refractivity contribution in [3.63, 3.8) is 0 Å². The zero-order valence-electron chi connectivity index (χ0n) is 20.4. The lowest BCUT2D eigenvalue weighted by atomic mass is 9.96. The van der Waals surface area contributed by atoms with E-state index in [1.165, 1.54) is 11.1 Å². The van der Waals surface area contributed by atoms with Gasteiger partial charge in [-0.1, -0.05) is 13.8 Å². The second-order valence-corrected chi connectivity index (χ2v) is 18.3. The fourth-order valence-electron chi connectivity index (χ4n) is 3.25. The number of methoxy groups -OCH3 is 2. The Bertz CT molecular complexity index is 807. The van der Waals surface area contributed by atoms with Crippen LogP contribution in [0.5, 0.6) is 23.0 Å². The number of hydrogen-bond acceptors (Lipinski definition) is 4. The van der Waals surface area contributed by atoms with E-state index in [9.17, 15) is 0 Å². The van der Waals surface area contributed by atoms with E-state index < -0.39 is 16.6 Å². The number of ether oxygens (including phenoxy) is 2. The molecule has 0 aliphatic rings. The minimum Gasteiger partial charge on any atom is -0.541 e. The van der Waals surface area contributed by atoms with Gasteiger partial charge in [-0.25, -0.2) is 0 Å². The molecule has 0 heterocycles. The molecule has 0 saturated carbocycles. The number of rotatable bonds is 9. The van der Waals surface area contributed by atoms with Crippen LogP contribution in [0.25, 0.3) is 11.1 Å². The first-order valence-electron chi connectivity index (χ1n) is 10.7. The van der Waals surface area contributed by atoms with Crippen molar-refractivity contribution >= 4 is 16.6 Å². The van der Waals surface area contributed by atoms with Crippen molar-refractivity contribution in [2.75, 3.05) is 14.2 Å². The molecule has 4 nitrogen and oxygen atoms in total. The third-order valence-corrected chi connectivity index (χ3v) is 6.23. The Morgan fingerprint density at radius 2 is 0.933 bits per heavy atom. The quantitative estimate of drug-likeness (QED) is 0.392. The molecular formula is C24H38O4Si2. The van der Waals surface area contributed by atoms with E-state index in [4.69, 9.17) is 18.3 Å². The smallest absolute Gasteiger partial charge is 0.242 e. The SMILES string of the molecule is CCc1cc(OC)c(O[Si](C)(C)C)c(-c2cc(CC)cc(OC)c2O[Si](C)(C)C)c1. The van der Waals surface area contributed by atoms with Crippen LogP contribution in [0, 0.1) is 0 Å². The van der Waals surface area contributed by atoms with Gasteiger partial charge in [0.1, 0.15) is 0 Å². The maximum absolute atomic E-state index is 6.57. The first-order valence-corrected chi connectivity index (χ1v) is 17.5. The summed E-state index contributed by atoms with van der Waals surface area (Å²) in [5, 5.41) is 0. The van der Waals surface area contributed by atoms with Crippen LogP contribution >= 0.6 is 0 Å². The molecule has 0 aliphatic carbocycles. The van der Waals surface area contributed by atoms with Crippen molar-refractivity contribution in [1.82, 2.24) is 0 Å². The second kappa shape index (κ2) is 9.48. The maximum Gasteiger partial charge on any atom is 0.242 e. The molecule has 0 amide bonds. The summed E-state index contributed by atoms with van der Waals surface area (Å²) in [5.41, 5.74) is 4.42. The molecule has 0 unspecified atom stereocenters. The van der Waals surface area contributed by atoms with Crippen LogP contribution in [0.1, 0.15) is 25.0 Å². The molecule has 30 heavy (non-hydrogen) atoms. The van der Waals surface area contributed by atoms with E-state index in [0.717, 1.165) is 47.0 Å². The lowest BCUT2D eigenvalue weighted by molar-refractivity contribution is 0.390. The summed E-state index contributed by atoms with van der Waals surface area (Å²) in [6, 6.07) is 8.59. The average Bonchev–Trinajstić information content (AvgIpc) is 2.66. The van der Waals surface area contributed by atoms with Crippen LogP contribution in [0.2, 0.25) is 39.3 Å². The highest BCUT2D eigenvalue weighted by atomic mass is 28.4. The molecule has 0 bridgehead atoms. The van der Waals surface area contributed by atoms with Gasteiger partial charge in [-0.2, -0.15) is 0 Å². The van der Waals surface area contributed by atoms with Crippen LogP contribution in [0.3, 0.4) is 0 Å². The van der Waals surface area contributed by atoms with E-state index in [-0.39, 0.29) is 0 Å². The zero-order valence-corrected chi connectivity index (χ0v) is 22.4. The van der Waals surface area contributed by atoms with Crippen molar-refractivity contribution < 1.29 is 18.3 Å². The molecule has 0 N–H and O–H groups in total. The number of benzene rings is 2. The first kappa shape index (κ1) is 24.3. The van der Waals surface area contributed by atoms with Gasteiger partial charge in [-0.05, 0) is 87.5 Å². The molecule has 2 aromatic rings. The molecule has 0 fully saturated rings. The third kappa shape index (κ3) is 6.05. The van der Waals surface area contributed by atoms with Crippen LogP contribution in [0.15, 0.2) is 24.3 Å². The van der Waals surface area contributed by atoms with Gasteiger partial charge >= 0.3 is 0 Å². The molecule has 0 atom stereocenters. The maximum atomic E-state index is 6.57. The first-order chi connectivity index (χ1) is 13.9. The molecule has 0 aliphatic heterocycles. The van der Waals surface area contributed by atoms with Crippen LogP contribution in [0.4, 0.5) is 0 Å². The minimum atomic E-state index is -1.89. The van der Waals surface area contributed by atoms with Crippen molar-refractivity contribution in [3.05, 3.63) is 35.4 Å². The fraction of sp³-hybridized carbons (Fsp3) is 0.500. The largest absolute Gasteiger partial charge is 0.541 e. The predicted molar refractivity (Wildman–Crippen MR) is 132 cm³/mol. The van der Waals surface area contributed by atoms with Gasteiger partial charge in [0, 0.05) is 11.1 Å². The van der Waals surface area contributed by atoms with E-state index in [1.807, 2.05) is 0 Å². The Hall–Kier alpha value is -1.93. The Morgan fingerprint density at radius 3 is 1.17 bits per heavy atom. The van der Waals surface area contributed by atoms with Gasteiger partial charge in [-0.3, -0.25) is 0 Å². The van der Waals surface area contributed by atoms with Gasteiger partial charge < -0.3 is 18.3 Å². The highest BCUT2D eigenvalue weighted by Crippen LogP contribution is 2.48. The fourth-order valence-corrected chi connectivity index (χ4v) is 4.90. The Kier molecular flexibility index (Phi) is 7.69. The predicted octanol–water partition coefficient (Wildman–Crippen LogP) is 6.92. The van der Waals surface area contributed by atoms with E-state index >= 15 is 0 Å². The molecule has 6 heteroatoms. The second-order valence-electron chi connectivity index (χ2n) is 9.49. The van der Waals surface area contributed by atoms with E-state index in [1.54, 1.807) is 14.2 Å². The van der Waals surface area contributed by atoms with E-state index in [0.29, 0.717) is 0 Å². The lowest BCUT2D eigenvalue weighted by Gasteiger charge is -2.28. The molecule has 0 saturated heterocycles. The van der Waals surface area contributed by atoms with Crippen molar-refractivity contribution in [2.24, 2.45) is 0 Å². The third-order valence-electron chi connectivity index (χ3n) is 4.59. The summed E-state index contributed by atoms with van der Waals surface area (Å²) in [5.74, 6) is 3.13. The van der Waals surface area contributed by atoms with Gasteiger partial charge in [0.25, 0.3) is 0 Å². The minimum absolute atomic E-state index is 0.770. The molecule has 0 radical (unpaired) electrons. The Labute approximate surface area is 184 Å². The van der Waals surface area contributed by atoms with Crippen LogP contribution in [-0.4, -0.2) is 30.9 Å². The van der Waals surface area contributed by atoms with Gasteiger partial charge in [0.15, 0.2) is 23.0 Å². The zero-order chi connectivity index (χ0) is 22.7. The number of aryl methyl sites for hydroxylation is 2. The molecule has 166 valence electrons. The average molecular weight is 447 g/mol. The summed E-state index contributed by atoms with van der Waals surface area (Å²) < 4.78 is 24.7. The monoisotopic (exact) mass is 446 g/mol. The molecule has 2 rings (SSSR count). The molecule has 0 spiro atoms. The Balaban J connectivity index is 2.92. The van der Waals surface area contributed by atoms with Crippen molar-refractivity contribution in [2.45, 2.75) is 66.0 Å². The van der Waals surface area contributed by atoms with Crippen molar-refractivity contribution in [1.29, 1.82) is 0 Å². The normalized spacial score (nSPS) is 11.9. The summed E-state index contributed by atoms with van der Waals surface area (Å²) in [6.45, 7) is 17.4. The highest BCUT2D eigenvalue weighted by Gasteiger charge is 2.28. The lowest BCUT2D eigenvalue weighted by Crippen LogP contribution is -2.30. The van der Waals surface area contributed by atoms with Gasteiger partial charge in [0.05, 0.1) is 14.2 Å². The molecular weight excluding hydrogens is 408 g/mol. The molecule has 2 aromatic carbocycles. The van der Waals surface area contributed by atoms with Gasteiger partial charge in [0.2, 0.25) is 16.6 Å². The van der Waals surface area contributed by atoms with Crippen LogP contribution in [-0.2, 0) is 12.8 Å². The summed E-state index contributed by atoms with van der Waals surface area (Å²) >= 11 is 0.